The van der Waals surface area contributed by atoms with E-state index < -0.39 is 5.92 Å². The summed E-state index contributed by atoms with van der Waals surface area (Å²) in [5.41, 5.74) is 0. The predicted molar refractivity (Wildman–Crippen MR) is 129 cm³/mol. The van der Waals surface area contributed by atoms with Gasteiger partial charge in [-0.3, -0.25) is 9.59 Å². The van der Waals surface area contributed by atoms with Gasteiger partial charge in [0.25, 0.3) is 0 Å². The molecule has 2 amide bonds. The Morgan fingerprint density at radius 3 is 2.76 bits per heavy atom. The van der Waals surface area contributed by atoms with Crippen molar-refractivity contribution in [1.82, 2.24) is 20.2 Å². The van der Waals surface area contributed by atoms with Crippen molar-refractivity contribution in [2.75, 3.05) is 36.9 Å². The number of rotatable bonds is 13. The number of aliphatic hydroxyl groups is 1. The highest BCUT2D eigenvalue weighted by molar-refractivity contribution is 8.01. The SMILES string of the molecule is CCNC(=O)C(C#N)CC1SC(CCNc2nccc(N[C@@H](CO)C(C)C)n2)C(=O)N1CC. The number of aromatic nitrogens is 2. The quantitative estimate of drug-likeness (QED) is 0.333. The normalized spacial score (nSPS) is 19.8. The van der Waals surface area contributed by atoms with Crippen LogP contribution in [0.4, 0.5) is 11.8 Å². The van der Waals surface area contributed by atoms with Crippen molar-refractivity contribution in [2.45, 2.75) is 57.2 Å². The Kier molecular flexibility index (Phi) is 10.7. The fraction of sp³-hybridized carbons (Fsp3) is 0.682. The topological polar surface area (TPSA) is 143 Å². The minimum Gasteiger partial charge on any atom is -0.394 e. The molecule has 33 heavy (non-hydrogen) atoms. The smallest absolute Gasteiger partial charge is 0.237 e. The molecule has 11 heteroatoms. The van der Waals surface area contributed by atoms with E-state index in [0.717, 1.165) is 0 Å². The van der Waals surface area contributed by atoms with Crippen LogP contribution < -0.4 is 16.0 Å². The maximum absolute atomic E-state index is 12.9. The molecule has 0 saturated carbocycles. The van der Waals surface area contributed by atoms with Crippen LogP contribution in [0.2, 0.25) is 0 Å². The number of carbonyl (C=O) groups excluding carboxylic acids is 2. The molecule has 1 aliphatic rings. The first kappa shape index (κ1) is 26.7. The zero-order valence-electron chi connectivity index (χ0n) is 19.7. The number of nitriles is 1. The highest BCUT2D eigenvalue weighted by Gasteiger charge is 2.40. The average Bonchev–Trinajstić information content (AvgIpc) is 3.10. The lowest BCUT2D eigenvalue weighted by atomic mass is 10.1. The third-order valence-corrected chi connectivity index (χ3v) is 7.04. The van der Waals surface area contributed by atoms with Crippen molar-refractivity contribution in [1.29, 1.82) is 5.26 Å². The van der Waals surface area contributed by atoms with E-state index >= 15 is 0 Å². The van der Waals surface area contributed by atoms with Crippen molar-refractivity contribution in [3.05, 3.63) is 12.3 Å². The number of nitrogens with zero attached hydrogens (tertiary/aromatic N) is 4. The number of hydrogen-bond donors (Lipinski definition) is 4. The van der Waals surface area contributed by atoms with Crippen molar-refractivity contribution >= 4 is 35.3 Å². The number of anilines is 2. The maximum atomic E-state index is 12.9. The Balaban J connectivity index is 1.92. The Morgan fingerprint density at radius 1 is 1.39 bits per heavy atom. The monoisotopic (exact) mass is 477 g/mol. The molecule has 4 atom stereocenters. The van der Waals surface area contributed by atoms with Crippen LogP contribution in [0.3, 0.4) is 0 Å². The van der Waals surface area contributed by atoms with Crippen LogP contribution in [0.25, 0.3) is 0 Å². The summed E-state index contributed by atoms with van der Waals surface area (Å²) in [5.74, 6) is 0.271. The van der Waals surface area contributed by atoms with E-state index in [-0.39, 0.29) is 41.0 Å². The van der Waals surface area contributed by atoms with Crippen LogP contribution in [-0.4, -0.2) is 74.7 Å². The fourth-order valence-corrected chi connectivity index (χ4v) is 5.14. The van der Waals surface area contributed by atoms with Gasteiger partial charge in [-0.2, -0.15) is 10.2 Å². The molecule has 1 saturated heterocycles. The van der Waals surface area contributed by atoms with Gasteiger partial charge in [0.1, 0.15) is 11.7 Å². The molecule has 2 heterocycles. The summed E-state index contributed by atoms with van der Waals surface area (Å²) in [6, 6.07) is 3.71. The van der Waals surface area contributed by atoms with Gasteiger partial charge in [0.2, 0.25) is 17.8 Å². The van der Waals surface area contributed by atoms with Crippen LogP contribution in [-0.2, 0) is 9.59 Å². The van der Waals surface area contributed by atoms with E-state index in [1.54, 1.807) is 17.2 Å². The summed E-state index contributed by atoms with van der Waals surface area (Å²) in [5, 5.41) is 27.5. The first-order valence-corrected chi connectivity index (χ1v) is 12.4. The number of amides is 2. The van der Waals surface area contributed by atoms with Crippen molar-refractivity contribution < 1.29 is 14.7 Å². The van der Waals surface area contributed by atoms with Crippen molar-refractivity contribution in [3.8, 4) is 6.07 Å². The summed E-state index contributed by atoms with van der Waals surface area (Å²) < 4.78 is 0. The van der Waals surface area contributed by atoms with Crippen LogP contribution in [0.1, 0.15) is 40.5 Å². The minimum absolute atomic E-state index is 0.00725. The van der Waals surface area contributed by atoms with Crippen LogP contribution in [0.15, 0.2) is 12.3 Å². The first-order valence-electron chi connectivity index (χ1n) is 11.4. The van der Waals surface area contributed by atoms with Gasteiger partial charge in [-0.25, -0.2) is 4.98 Å². The van der Waals surface area contributed by atoms with Crippen molar-refractivity contribution in [2.24, 2.45) is 11.8 Å². The molecular weight excluding hydrogens is 442 g/mol. The second-order valence-corrected chi connectivity index (χ2v) is 9.56. The molecule has 1 aromatic rings. The van der Waals surface area contributed by atoms with E-state index in [1.807, 2.05) is 27.7 Å². The standard InChI is InChI=1S/C22H35N7O3S/c1-5-24-20(31)15(12-23)11-19-29(6-2)21(32)17(33-19)7-9-25-22-26-10-8-18(28-22)27-16(13-30)14(3)4/h8,10,14-17,19,30H,5-7,9,11,13H2,1-4H3,(H,24,31)(H2,25,26,27,28)/t15?,16-,17?,19?/m0/s1. The largest absolute Gasteiger partial charge is 0.394 e. The molecule has 3 unspecified atom stereocenters. The molecule has 1 aliphatic heterocycles. The molecule has 4 N–H and O–H groups in total. The number of hydrogen-bond acceptors (Lipinski definition) is 9. The lowest BCUT2D eigenvalue weighted by molar-refractivity contribution is -0.131. The van der Waals surface area contributed by atoms with Crippen LogP contribution >= 0.6 is 11.8 Å². The van der Waals surface area contributed by atoms with Gasteiger partial charge in [0.05, 0.1) is 29.3 Å². The third-order valence-electron chi connectivity index (χ3n) is 5.51. The second kappa shape index (κ2) is 13.2. The van der Waals surface area contributed by atoms with Gasteiger partial charge < -0.3 is 26.0 Å². The summed E-state index contributed by atoms with van der Waals surface area (Å²) >= 11 is 1.51. The summed E-state index contributed by atoms with van der Waals surface area (Å²) in [4.78, 5) is 35.4. The molecule has 0 spiro atoms. The second-order valence-electron chi connectivity index (χ2n) is 8.17. The van der Waals surface area contributed by atoms with Gasteiger partial charge in [-0.15, -0.1) is 11.8 Å². The third kappa shape index (κ3) is 7.47. The lowest BCUT2D eigenvalue weighted by Gasteiger charge is -2.23. The molecule has 182 valence electrons. The minimum atomic E-state index is -0.779. The van der Waals surface area contributed by atoms with Crippen LogP contribution in [0, 0.1) is 23.2 Å². The highest BCUT2D eigenvalue weighted by Crippen LogP contribution is 2.36. The lowest BCUT2D eigenvalue weighted by Crippen LogP contribution is -2.38. The molecule has 0 aromatic carbocycles. The number of thioether (sulfide) groups is 1. The predicted octanol–water partition coefficient (Wildman–Crippen LogP) is 1.66. The Hall–Kier alpha value is -2.58. The molecule has 1 aromatic heterocycles. The Labute approximate surface area is 199 Å². The molecular formula is C22H35N7O3S. The Bertz CT molecular complexity index is 832. The van der Waals surface area contributed by atoms with Crippen molar-refractivity contribution in [3.63, 3.8) is 0 Å². The number of nitrogens with one attached hydrogen (secondary N) is 3. The molecule has 0 aliphatic carbocycles. The van der Waals surface area contributed by atoms with E-state index in [9.17, 15) is 20.0 Å². The van der Waals surface area contributed by atoms with E-state index in [1.165, 1.54) is 11.8 Å². The number of carbonyl (C=O) groups is 2. The van der Waals surface area contributed by atoms with E-state index in [0.29, 0.717) is 44.2 Å². The summed E-state index contributed by atoms with van der Waals surface area (Å²) in [6.45, 7) is 9.27. The van der Waals surface area contributed by atoms with Gasteiger partial charge in [-0.1, -0.05) is 13.8 Å². The zero-order chi connectivity index (χ0) is 24.4. The maximum Gasteiger partial charge on any atom is 0.237 e. The fourth-order valence-electron chi connectivity index (χ4n) is 3.55. The highest BCUT2D eigenvalue weighted by atomic mass is 32.2. The van der Waals surface area contributed by atoms with E-state index in [2.05, 4.69) is 32.0 Å². The molecule has 0 radical (unpaired) electrons. The average molecular weight is 478 g/mol. The molecule has 10 nitrogen and oxygen atoms in total. The zero-order valence-corrected chi connectivity index (χ0v) is 20.6. The summed E-state index contributed by atoms with van der Waals surface area (Å²) in [6.07, 6.45) is 2.52. The molecule has 1 fully saturated rings. The summed E-state index contributed by atoms with van der Waals surface area (Å²) in [7, 11) is 0. The number of aliphatic hydroxyl groups excluding tert-OH is 1. The van der Waals surface area contributed by atoms with Crippen LogP contribution in [0.5, 0.6) is 0 Å². The van der Waals surface area contributed by atoms with Gasteiger partial charge >= 0.3 is 0 Å². The van der Waals surface area contributed by atoms with E-state index in [4.69, 9.17) is 0 Å². The molecule has 0 bridgehead atoms. The first-order chi connectivity index (χ1) is 15.8. The van der Waals surface area contributed by atoms with Gasteiger partial charge in [0.15, 0.2) is 0 Å². The van der Waals surface area contributed by atoms with Gasteiger partial charge in [-0.05, 0) is 32.3 Å². The molecule has 2 rings (SSSR count). The Morgan fingerprint density at radius 2 is 2.15 bits per heavy atom. The van der Waals surface area contributed by atoms with Gasteiger partial charge in [0, 0.05) is 32.3 Å².